The molecular weight excluding hydrogens is 268 g/mol. The zero-order valence-electron chi connectivity index (χ0n) is 12.3. The molecular formula is C15H22N4O2. The number of nitrogens with two attached hydrogens (primary N) is 1. The van der Waals surface area contributed by atoms with E-state index >= 15 is 0 Å². The molecule has 6 heteroatoms. The van der Waals surface area contributed by atoms with Gasteiger partial charge in [-0.2, -0.15) is 0 Å². The van der Waals surface area contributed by atoms with E-state index in [-0.39, 0.29) is 11.8 Å². The standard InChI is InChI=1S/C15H22N4O2/c1-12(20)19-8-6-18(7-9-19)11-14-5-3-2-4-13(14)10-15(21)17-16/h2-5H,6-11,16H2,1H3,(H,17,21). The average molecular weight is 290 g/mol. The number of rotatable bonds is 4. The van der Waals surface area contributed by atoms with E-state index in [1.807, 2.05) is 29.2 Å². The summed E-state index contributed by atoms with van der Waals surface area (Å²) in [6.45, 7) is 5.64. The fraction of sp³-hybridized carbons (Fsp3) is 0.467. The number of piperazine rings is 1. The maximum atomic E-state index is 11.4. The van der Waals surface area contributed by atoms with E-state index in [0.717, 1.165) is 43.9 Å². The predicted octanol–water partition coefficient (Wildman–Crippen LogP) is -0.117. The summed E-state index contributed by atoms with van der Waals surface area (Å²) < 4.78 is 0. The minimum atomic E-state index is -0.191. The number of carbonyl (C=O) groups excluding carboxylic acids is 2. The lowest BCUT2D eigenvalue weighted by Crippen LogP contribution is -2.47. The highest BCUT2D eigenvalue weighted by Gasteiger charge is 2.19. The Morgan fingerprint density at radius 2 is 1.76 bits per heavy atom. The van der Waals surface area contributed by atoms with Crippen LogP contribution in [-0.2, 0) is 22.6 Å². The number of hydrogen-bond acceptors (Lipinski definition) is 4. The quantitative estimate of drug-likeness (QED) is 0.460. The van der Waals surface area contributed by atoms with Crippen LogP contribution in [0.25, 0.3) is 0 Å². The molecule has 1 aromatic rings. The Kier molecular flexibility index (Phi) is 5.30. The Balaban J connectivity index is 1.97. The van der Waals surface area contributed by atoms with E-state index in [1.165, 1.54) is 0 Å². The Hall–Kier alpha value is -1.92. The molecule has 0 unspecified atom stereocenters. The Morgan fingerprint density at radius 3 is 2.33 bits per heavy atom. The molecule has 0 radical (unpaired) electrons. The summed E-state index contributed by atoms with van der Waals surface area (Å²) in [5.74, 6) is 5.09. The fourth-order valence-corrected chi connectivity index (χ4v) is 2.57. The molecule has 0 saturated carbocycles. The third-order valence-corrected chi connectivity index (χ3v) is 3.84. The van der Waals surface area contributed by atoms with Crippen LogP contribution in [0.15, 0.2) is 24.3 Å². The second kappa shape index (κ2) is 7.19. The molecule has 1 heterocycles. The van der Waals surface area contributed by atoms with Crippen molar-refractivity contribution in [2.24, 2.45) is 5.84 Å². The smallest absolute Gasteiger partial charge is 0.238 e. The van der Waals surface area contributed by atoms with Gasteiger partial charge in [0.2, 0.25) is 11.8 Å². The summed E-state index contributed by atoms with van der Waals surface area (Å²) in [7, 11) is 0. The second-order valence-electron chi connectivity index (χ2n) is 5.30. The molecule has 1 fully saturated rings. The Morgan fingerprint density at radius 1 is 1.14 bits per heavy atom. The molecule has 0 atom stereocenters. The molecule has 0 spiro atoms. The summed E-state index contributed by atoms with van der Waals surface area (Å²) >= 11 is 0. The number of hydrazine groups is 1. The molecule has 6 nitrogen and oxygen atoms in total. The molecule has 1 aromatic carbocycles. The van der Waals surface area contributed by atoms with Crippen LogP contribution in [0, 0.1) is 0 Å². The molecule has 0 bridgehead atoms. The van der Waals surface area contributed by atoms with Crippen molar-refractivity contribution in [1.82, 2.24) is 15.2 Å². The van der Waals surface area contributed by atoms with Crippen molar-refractivity contribution in [3.05, 3.63) is 35.4 Å². The molecule has 0 aromatic heterocycles. The normalized spacial score (nSPS) is 15.8. The van der Waals surface area contributed by atoms with Gasteiger partial charge < -0.3 is 4.90 Å². The van der Waals surface area contributed by atoms with Gasteiger partial charge in [0.15, 0.2) is 0 Å². The van der Waals surface area contributed by atoms with Crippen molar-refractivity contribution in [1.29, 1.82) is 0 Å². The summed E-state index contributed by atoms with van der Waals surface area (Å²) in [6, 6.07) is 7.90. The molecule has 2 amide bonds. The summed E-state index contributed by atoms with van der Waals surface area (Å²) in [6.07, 6.45) is 0.292. The van der Waals surface area contributed by atoms with E-state index < -0.39 is 0 Å². The van der Waals surface area contributed by atoms with E-state index in [4.69, 9.17) is 5.84 Å². The summed E-state index contributed by atoms with van der Waals surface area (Å²) in [5, 5.41) is 0. The number of benzene rings is 1. The number of nitrogens with one attached hydrogen (secondary N) is 1. The second-order valence-corrected chi connectivity index (χ2v) is 5.30. The van der Waals surface area contributed by atoms with Gasteiger partial charge in [-0.1, -0.05) is 24.3 Å². The van der Waals surface area contributed by atoms with E-state index in [1.54, 1.807) is 6.92 Å². The maximum Gasteiger partial charge on any atom is 0.238 e. The van der Waals surface area contributed by atoms with Gasteiger partial charge in [-0.25, -0.2) is 5.84 Å². The number of carbonyl (C=O) groups is 2. The SMILES string of the molecule is CC(=O)N1CCN(Cc2ccccc2CC(=O)NN)CC1. The lowest BCUT2D eigenvalue weighted by molar-refractivity contribution is -0.130. The van der Waals surface area contributed by atoms with Crippen molar-refractivity contribution >= 4 is 11.8 Å². The van der Waals surface area contributed by atoms with Gasteiger partial charge >= 0.3 is 0 Å². The number of nitrogens with zero attached hydrogens (tertiary/aromatic N) is 2. The number of amides is 2. The lowest BCUT2D eigenvalue weighted by Gasteiger charge is -2.34. The predicted molar refractivity (Wildman–Crippen MR) is 80.0 cm³/mol. The first-order valence-corrected chi connectivity index (χ1v) is 7.14. The molecule has 1 aliphatic heterocycles. The molecule has 1 saturated heterocycles. The zero-order chi connectivity index (χ0) is 15.2. The van der Waals surface area contributed by atoms with Crippen molar-refractivity contribution in [2.75, 3.05) is 26.2 Å². The minimum Gasteiger partial charge on any atom is -0.340 e. The third kappa shape index (κ3) is 4.27. The highest BCUT2D eigenvalue weighted by atomic mass is 16.2. The molecule has 2 rings (SSSR count). The largest absolute Gasteiger partial charge is 0.340 e. The highest BCUT2D eigenvalue weighted by molar-refractivity contribution is 5.78. The molecule has 3 N–H and O–H groups in total. The van der Waals surface area contributed by atoms with Gasteiger partial charge in [0, 0.05) is 39.6 Å². The molecule has 21 heavy (non-hydrogen) atoms. The summed E-state index contributed by atoms with van der Waals surface area (Å²) in [4.78, 5) is 26.9. The Bertz CT molecular complexity index is 510. The topological polar surface area (TPSA) is 78.7 Å². The molecule has 1 aliphatic rings. The highest BCUT2D eigenvalue weighted by Crippen LogP contribution is 2.14. The van der Waals surface area contributed by atoms with E-state index in [0.29, 0.717) is 6.42 Å². The van der Waals surface area contributed by atoms with Crippen LogP contribution >= 0.6 is 0 Å². The van der Waals surface area contributed by atoms with Gasteiger partial charge in [-0.3, -0.25) is 19.9 Å². The van der Waals surface area contributed by atoms with Gasteiger partial charge in [-0.05, 0) is 11.1 Å². The van der Waals surface area contributed by atoms with Crippen molar-refractivity contribution < 1.29 is 9.59 Å². The molecule has 114 valence electrons. The monoisotopic (exact) mass is 290 g/mol. The van der Waals surface area contributed by atoms with Crippen molar-refractivity contribution in [3.8, 4) is 0 Å². The van der Waals surface area contributed by atoms with Crippen LogP contribution in [0.3, 0.4) is 0 Å². The van der Waals surface area contributed by atoms with Crippen LogP contribution in [0.1, 0.15) is 18.1 Å². The van der Waals surface area contributed by atoms with Crippen LogP contribution in [0.5, 0.6) is 0 Å². The van der Waals surface area contributed by atoms with Crippen LogP contribution in [-0.4, -0.2) is 47.8 Å². The first-order valence-electron chi connectivity index (χ1n) is 7.14. The molecule has 0 aliphatic carbocycles. The van der Waals surface area contributed by atoms with Crippen LogP contribution in [0.2, 0.25) is 0 Å². The summed E-state index contributed by atoms with van der Waals surface area (Å²) in [5.41, 5.74) is 4.30. The minimum absolute atomic E-state index is 0.134. The van der Waals surface area contributed by atoms with Gasteiger partial charge in [-0.15, -0.1) is 0 Å². The van der Waals surface area contributed by atoms with Gasteiger partial charge in [0.25, 0.3) is 0 Å². The van der Waals surface area contributed by atoms with E-state index in [2.05, 4.69) is 10.3 Å². The number of hydrogen-bond donors (Lipinski definition) is 2. The third-order valence-electron chi connectivity index (χ3n) is 3.84. The average Bonchev–Trinajstić information content (AvgIpc) is 2.49. The first kappa shape index (κ1) is 15.5. The van der Waals surface area contributed by atoms with Crippen LogP contribution < -0.4 is 11.3 Å². The van der Waals surface area contributed by atoms with Crippen molar-refractivity contribution in [2.45, 2.75) is 19.9 Å². The zero-order valence-corrected chi connectivity index (χ0v) is 12.3. The Labute approximate surface area is 124 Å². The van der Waals surface area contributed by atoms with Crippen molar-refractivity contribution in [3.63, 3.8) is 0 Å². The lowest BCUT2D eigenvalue weighted by atomic mass is 10.0. The van der Waals surface area contributed by atoms with E-state index in [9.17, 15) is 9.59 Å². The van der Waals surface area contributed by atoms with Gasteiger partial charge in [0.05, 0.1) is 6.42 Å². The van der Waals surface area contributed by atoms with Gasteiger partial charge in [0.1, 0.15) is 0 Å². The fourth-order valence-electron chi connectivity index (χ4n) is 2.57. The van der Waals surface area contributed by atoms with Crippen LogP contribution in [0.4, 0.5) is 0 Å². The first-order chi connectivity index (χ1) is 10.1. The maximum absolute atomic E-state index is 11.4.